The maximum atomic E-state index is 14.0. The lowest BCUT2D eigenvalue weighted by Crippen LogP contribution is -2.38. The molecule has 1 aliphatic heterocycles. The molecule has 0 bridgehead atoms. The zero-order valence-electron chi connectivity index (χ0n) is 14.8. The number of nitrogens with one attached hydrogen (secondary N) is 1. The second-order valence-corrected chi connectivity index (χ2v) is 6.66. The zero-order valence-corrected chi connectivity index (χ0v) is 14.8. The molecule has 4 rings (SSSR count). The second-order valence-electron chi connectivity index (χ2n) is 6.66. The van der Waals surface area contributed by atoms with Gasteiger partial charge in [-0.25, -0.2) is 4.39 Å². The van der Waals surface area contributed by atoms with Gasteiger partial charge >= 0.3 is 0 Å². The second kappa shape index (κ2) is 8.26. The topological polar surface area (TPSA) is 73.1 Å². The lowest BCUT2D eigenvalue weighted by Gasteiger charge is -2.25. The number of halogens is 1. The first-order chi connectivity index (χ1) is 13.3. The maximum Gasteiger partial charge on any atom is 0.227 e. The molecule has 0 amide bonds. The van der Waals surface area contributed by atoms with Crippen LogP contribution in [0.2, 0.25) is 0 Å². The van der Waals surface area contributed by atoms with Gasteiger partial charge in [0.15, 0.2) is 0 Å². The van der Waals surface area contributed by atoms with E-state index in [-0.39, 0.29) is 5.92 Å². The molecule has 27 heavy (non-hydrogen) atoms. The smallest absolute Gasteiger partial charge is 0.227 e. The summed E-state index contributed by atoms with van der Waals surface area (Å²) in [6.07, 6.45) is 3.86. The molecular weight excluding hydrogens is 347 g/mol. The Balaban J connectivity index is 1.42. The van der Waals surface area contributed by atoms with E-state index in [9.17, 15) is 4.39 Å². The number of rotatable bonds is 6. The van der Waals surface area contributed by atoms with Gasteiger partial charge < -0.3 is 14.6 Å². The van der Waals surface area contributed by atoms with E-state index in [0.717, 1.165) is 24.1 Å². The average molecular weight is 368 g/mol. The summed E-state index contributed by atoms with van der Waals surface area (Å²) in [6, 6.07) is 11.4. The summed E-state index contributed by atoms with van der Waals surface area (Å²) in [5.41, 5.74) is 1.79. The summed E-state index contributed by atoms with van der Waals surface area (Å²) >= 11 is 0. The highest BCUT2D eigenvalue weighted by Gasteiger charge is 2.26. The largest absolute Gasteiger partial charge is 0.489 e. The van der Waals surface area contributed by atoms with Gasteiger partial charge in [0.25, 0.3) is 0 Å². The molecule has 6 nitrogen and oxygen atoms in total. The molecule has 1 aliphatic rings. The molecular formula is C20H21FN4O2. The normalized spacial score (nSPS) is 19.7. The van der Waals surface area contributed by atoms with Gasteiger partial charge in [-0.15, -0.1) is 0 Å². The van der Waals surface area contributed by atoms with Gasteiger partial charge in [-0.1, -0.05) is 23.4 Å². The molecule has 3 heterocycles. The molecule has 1 aromatic carbocycles. The molecule has 140 valence electrons. The summed E-state index contributed by atoms with van der Waals surface area (Å²) in [6.45, 7) is 1.65. The van der Waals surface area contributed by atoms with Gasteiger partial charge in [-0.05, 0) is 31.2 Å². The Bertz CT molecular complexity index is 871. The average Bonchev–Trinajstić information content (AvgIpc) is 3.18. The van der Waals surface area contributed by atoms with Gasteiger partial charge in [0.05, 0.1) is 0 Å². The van der Waals surface area contributed by atoms with Crippen LogP contribution in [0.25, 0.3) is 11.4 Å². The van der Waals surface area contributed by atoms with Crippen molar-refractivity contribution in [2.24, 2.45) is 5.92 Å². The number of benzene rings is 1. The Labute approximate surface area is 156 Å². The van der Waals surface area contributed by atoms with Crippen molar-refractivity contribution >= 4 is 0 Å². The molecule has 2 unspecified atom stereocenters. The SMILES string of the molecule is FC1CNCCC1Cc1nc(-c2cccc(OCc3cccnc3)c2)no1. The van der Waals surface area contributed by atoms with Gasteiger partial charge in [0.2, 0.25) is 11.7 Å². The van der Waals surface area contributed by atoms with Crippen molar-refractivity contribution in [2.45, 2.75) is 25.6 Å². The third-order valence-corrected chi connectivity index (χ3v) is 4.67. The van der Waals surface area contributed by atoms with E-state index in [1.165, 1.54) is 0 Å². The first-order valence-corrected chi connectivity index (χ1v) is 9.07. The fourth-order valence-electron chi connectivity index (χ4n) is 3.16. The van der Waals surface area contributed by atoms with Crippen LogP contribution in [0, 0.1) is 5.92 Å². The molecule has 0 radical (unpaired) electrons. The Kier molecular flexibility index (Phi) is 5.39. The van der Waals surface area contributed by atoms with E-state index in [2.05, 4.69) is 20.4 Å². The number of nitrogens with zero attached hydrogens (tertiary/aromatic N) is 3. The Morgan fingerprint density at radius 2 is 2.22 bits per heavy atom. The third-order valence-electron chi connectivity index (χ3n) is 4.67. The predicted octanol–water partition coefficient (Wildman–Crippen LogP) is 3.20. The lowest BCUT2D eigenvalue weighted by molar-refractivity contribution is 0.169. The quantitative estimate of drug-likeness (QED) is 0.720. The van der Waals surface area contributed by atoms with Crippen LogP contribution in [0.3, 0.4) is 0 Å². The lowest BCUT2D eigenvalue weighted by atomic mass is 9.93. The highest BCUT2D eigenvalue weighted by Crippen LogP contribution is 2.25. The van der Waals surface area contributed by atoms with Crippen molar-refractivity contribution in [3.63, 3.8) is 0 Å². The van der Waals surface area contributed by atoms with Gasteiger partial charge in [0.1, 0.15) is 18.5 Å². The van der Waals surface area contributed by atoms with Crippen LogP contribution in [-0.2, 0) is 13.0 Å². The van der Waals surface area contributed by atoms with Crippen LogP contribution in [0.1, 0.15) is 17.9 Å². The number of hydrogen-bond acceptors (Lipinski definition) is 6. The van der Waals surface area contributed by atoms with E-state index in [1.807, 2.05) is 36.4 Å². The number of ether oxygens (including phenoxy) is 1. The molecule has 7 heteroatoms. The summed E-state index contributed by atoms with van der Waals surface area (Å²) in [5.74, 6) is 1.60. The zero-order chi connectivity index (χ0) is 18.5. The Morgan fingerprint density at radius 3 is 3.07 bits per heavy atom. The van der Waals surface area contributed by atoms with E-state index in [1.54, 1.807) is 12.4 Å². The number of pyridine rings is 1. The number of aromatic nitrogens is 3. The monoisotopic (exact) mass is 368 g/mol. The van der Waals surface area contributed by atoms with Crippen molar-refractivity contribution in [1.82, 2.24) is 20.4 Å². The van der Waals surface area contributed by atoms with Gasteiger partial charge in [-0.2, -0.15) is 4.98 Å². The minimum atomic E-state index is -0.877. The molecule has 0 saturated carbocycles. The van der Waals surface area contributed by atoms with Crippen molar-refractivity contribution in [3.05, 3.63) is 60.2 Å². The Hall–Kier alpha value is -2.80. The van der Waals surface area contributed by atoms with Gasteiger partial charge in [-0.3, -0.25) is 4.98 Å². The molecule has 1 fully saturated rings. The molecule has 2 atom stereocenters. The summed E-state index contributed by atoms with van der Waals surface area (Å²) < 4.78 is 25.1. The molecule has 0 aliphatic carbocycles. The Morgan fingerprint density at radius 1 is 1.26 bits per heavy atom. The minimum Gasteiger partial charge on any atom is -0.489 e. The van der Waals surface area contributed by atoms with Crippen LogP contribution >= 0.6 is 0 Å². The van der Waals surface area contributed by atoms with Crippen LogP contribution in [0.4, 0.5) is 4.39 Å². The van der Waals surface area contributed by atoms with E-state index >= 15 is 0 Å². The highest BCUT2D eigenvalue weighted by atomic mass is 19.1. The summed E-state index contributed by atoms with van der Waals surface area (Å²) in [5, 5.41) is 7.10. The number of alkyl halides is 1. The molecule has 2 aromatic heterocycles. The molecule has 3 aromatic rings. The van der Waals surface area contributed by atoms with Crippen LogP contribution in [0.15, 0.2) is 53.3 Å². The summed E-state index contributed by atoms with van der Waals surface area (Å²) in [4.78, 5) is 8.51. The molecule has 0 spiro atoms. The van der Waals surface area contributed by atoms with Crippen LogP contribution < -0.4 is 10.1 Å². The van der Waals surface area contributed by atoms with Crippen LogP contribution in [0.5, 0.6) is 5.75 Å². The highest BCUT2D eigenvalue weighted by molar-refractivity contribution is 5.56. The van der Waals surface area contributed by atoms with E-state index < -0.39 is 6.17 Å². The van der Waals surface area contributed by atoms with Crippen molar-refractivity contribution < 1.29 is 13.7 Å². The molecule has 1 N–H and O–H groups in total. The van der Waals surface area contributed by atoms with Crippen molar-refractivity contribution in [2.75, 3.05) is 13.1 Å². The number of piperidine rings is 1. The maximum absolute atomic E-state index is 14.0. The van der Waals surface area contributed by atoms with E-state index in [0.29, 0.717) is 37.0 Å². The molecule has 1 saturated heterocycles. The predicted molar refractivity (Wildman–Crippen MR) is 97.9 cm³/mol. The fraction of sp³-hybridized carbons (Fsp3) is 0.350. The van der Waals surface area contributed by atoms with Crippen molar-refractivity contribution in [3.8, 4) is 17.1 Å². The number of hydrogen-bond donors (Lipinski definition) is 1. The van der Waals surface area contributed by atoms with E-state index in [4.69, 9.17) is 9.26 Å². The standard InChI is InChI=1S/C20H21FN4O2/c21-18-12-23-8-6-15(18)10-19-24-20(25-27-19)16-4-1-5-17(9-16)26-13-14-3-2-7-22-11-14/h1-5,7,9,11,15,18,23H,6,8,10,12-13H2. The fourth-order valence-corrected chi connectivity index (χ4v) is 3.16. The first kappa shape index (κ1) is 17.6. The minimum absolute atomic E-state index is 0.0753. The first-order valence-electron chi connectivity index (χ1n) is 9.07. The summed E-state index contributed by atoms with van der Waals surface area (Å²) in [7, 11) is 0. The van der Waals surface area contributed by atoms with Gasteiger partial charge in [0, 0.05) is 42.4 Å². The third kappa shape index (κ3) is 4.49. The van der Waals surface area contributed by atoms with Crippen molar-refractivity contribution in [1.29, 1.82) is 0 Å². The van der Waals surface area contributed by atoms with Crippen LogP contribution in [-0.4, -0.2) is 34.4 Å².